The smallest absolute Gasteiger partial charge is 0.303 e. The highest BCUT2D eigenvalue weighted by atomic mass is 33.1. The van der Waals surface area contributed by atoms with Crippen molar-refractivity contribution in [3.8, 4) is 0 Å². The average molecular weight is 925 g/mol. The molecule has 9 amide bonds. The Labute approximate surface area is 372 Å². The fourth-order valence-electron chi connectivity index (χ4n) is 5.99. The molecule has 1 aliphatic rings. The van der Waals surface area contributed by atoms with E-state index in [4.69, 9.17) is 16.6 Å². The molecule has 24 heteroatoms. The number of amides is 9. The van der Waals surface area contributed by atoms with Crippen LogP contribution in [0.3, 0.4) is 0 Å². The Balaban J connectivity index is 2.54. The molecule has 2 rings (SSSR count). The molecule has 0 saturated carbocycles. The third-order valence-electron chi connectivity index (χ3n) is 9.43. The third-order valence-corrected chi connectivity index (χ3v) is 11.9. The van der Waals surface area contributed by atoms with Crippen molar-refractivity contribution in [2.45, 2.75) is 115 Å². The van der Waals surface area contributed by atoms with Crippen LogP contribution in [-0.2, 0) is 54.4 Å². The molecule has 1 heterocycles. The predicted octanol–water partition coefficient (Wildman–Crippen LogP) is -3.33. The first-order valence-electron chi connectivity index (χ1n) is 20.3. The molecule has 1 aliphatic heterocycles. The summed E-state index contributed by atoms with van der Waals surface area (Å²) in [5, 5.41) is 39.7. The first-order chi connectivity index (χ1) is 29.7. The van der Waals surface area contributed by atoms with Crippen LogP contribution in [0.15, 0.2) is 30.3 Å². The zero-order valence-electron chi connectivity index (χ0n) is 35.6. The number of hydrogen-bond acceptors (Lipinski definition) is 14. The van der Waals surface area contributed by atoms with Crippen molar-refractivity contribution in [1.82, 2.24) is 42.5 Å². The predicted molar refractivity (Wildman–Crippen MR) is 233 cm³/mol. The van der Waals surface area contributed by atoms with Gasteiger partial charge in [-0.1, -0.05) is 65.8 Å². The molecule has 0 aliphatic carbocycles. The maximum Gasteiger partial charge on any atom is 0.303 e. The van der Waals surface area contributed by atoms with Crippen molar-refractivity contribution in [1.29, 1.82) is 0 Å². The molecule has 0 radical (unpaired) electrons. The van der Waals surface area contributed by atoms with Crippen molar-refractivity contribution < 1.29 is 58.2 Å². The molecule has 1 saturated heterocycles. The lowest BCUT2D eigenvalue weighted by Crippen LogP contribution is -2.61. The largest absolute Gasteiger partial charge is 0.481 e. The molecular formula is C39H60N10O12S2. The minimum Gasteiger partial charge on any atom is -0.481 e. The van der Waals surface area contributed by atoms with Crippen molar-refractivity contribution in [3.05, 3.63) is 35.9 Å². The summed E-state index contributed by atoms with van der Waals surface area (Å²) in [5.74, 6) is -9.72. The molecule has 1 fully saturated rings. The van der Waals surface area contributed by atoms with Gasteiger partial charge in [-0.25, -0.2) is 0 Å². The average Bonchev–Trinajstić information content (AvgIpc) is 3.21. The van der Waals surface area contributed by atoms with Crippen LogP contribution in [0.2, 0.25) is 0 Å². The van der Waals surface area contributed by atoms with Crippen LogP contribution < -0.4 is 54.0 Å². The van der Waals surface area contributed by atoms with E-state index >= 15 is 0 Å². The lowest BCUT2D eigenvalue weighted by atomic mass is 10.0. The molecule has 0 spiro atoms. The van der Waals surface area contributed by atoms with Crippen LogP contribution in [0.4, 0.5) is 0 Å². The first-order valence-corrected chi connectivity index (χ1v) is 22.8. The SMILES string of the molecule is CC(=O)N[C@H](C(=O)N[C@@H](CCCCN)C(=O)N[C@H]1CSSC[C@H](C(=O)N[C@@H](CCC(=O)O)C(N)=O)NC(=O)[C@H](Cc2ccccc2)NC(=O)CNC(=O)[C@H]([C@@H](C)O)NC1=O)C(C)C. The molecule has 0 unspecified atom stereocenters. The highest BCUT2D eigenvalue weighted by molar-refractivity contribution is 8.76. The zero-order chi connectivity index (χ0) is 47.2. The number of nitrogens with one attached hydrogen (secondary N) is 8. The lowest BCUT2D eigenvalue weighted by Gasteiger charge is -2.27. The number of hydrogen-bond donors (Lipinski definition) is 12. The van der Waals surface area contributed by atoms with Gasteiger partial charge in [-0.05, 0) is 50.6 Å². The minimum absolute atomic E-state index is 0.0715. The Kier molecular flexibility index (Phi) is 23.5. The number of aliphatic carboxylic acids is 1. The summed E-state index contributed by atoms with van der Waals surface area (Å²) in [6.45, 7) is 5.40. The lowest BCUT2D eigenvalue weighted by molar-refractivity contribution is -0.138. The van der Waals surface area contributed by atoms with Gasteiger partial charge < -0.3 is 64.2 Å². The van der Waals surface area contributed by atoms with E-state index in [0.717, 1.165) is 21.6 Å². The highest BCUT2D eigenvalue weighted by Gasteiger charge is 2.35. The quantitative estimate of drug-likeness (QED) is 0.0477. The number of carbonyl (C=O) groups is 10. The second kappa shape index (κ2) is 27.6. The third kappa shape index (κ3) is 19.6. The van der Waals surface area contributed by atoms with Gasteiger partial charge in [0.05, 0.1) is 12.6 Å². The van der Waals surface area contributed by atoms with E-state index in [1.54, 1.807) is 44.2 Å². The first kappa shape index (κ1) is 53.7. The molecule has 1 aromatic carbocycles. The summed E-state index contributed by atoms with van der Waals surface area (Å²) in [4.78, 5) is 131. The molecule has 22 nitrogen and oxygen atoms in total. The summed E-state index contributed by atoms with van der Waals surface area (Å²) in [7, 11) is 1.88. The molecule has 63 heavy (non-hydrogen) atoms. The van der Waals surface area contributed by atoms with Crippen LogP contribution in [0.25, 0.3) is 0 Å². The van der Waals surface area contributed by atoms with E-state index in [1.807, 2.05) is 0 Å². The van der Waals surface area contributed by atoms with Crippen LogP contribution >= 0.6 is 21.6 Å². The van der Waals surface area contributed by atoms with Crippen molar-refractivity contribution >= 4 is 80.7 Å². The molecule has 1 aromatic rings. The Morgan fingerprint density at radius 1 is 0.825 bits per heavy atom. The fourth-order valence-corrected chi connectivity index (χ4v) is 8.31. The monoisotopic (exact) mass is 924 g/mol. The summed E-state index contributed by atoms with van der Waals surface area (Å²) in [5.41, 5.74) is 11.7. The van der Waals surface area contributed by atoms with Crippen LogP contribution in [0, 0.1) is 5.92 Å². The normalized spacial score (nSPS) is 21.1. The Hall–Kier alpha value is -5.46. The topological polar surface area (TPSA) is 359 Å². The van der Waals surface area contributed by atoms with Crippen molar-refractivity contribution in [2.75, 3.05) is 24.6 Å². The van der Waals surface area contributed by atoms with Crippen molar-refractivity contribution in [3.63, 3.8) is 0 Å². The second-order valence-electron chi connectivity index (χ2n) is 15.1. The highest BCUT2D eigenvalue weighted by Crippen LogP contribution is 2.24. The van der Waals surface area contributed by atoms with Gasteiger partial charge in [-0.15, -0.1) is 0 Å². The van der Waals surface area contributed by atoms with E-state index in [0.29, 0.717) is 18.4 Å². The standard InChI is InChI=1S/C39H60N10O12S2/c1-20(2)31(43-22(4)51)39(61)46-25(12-8-9-15-40)34(56)47-28-19-63-62-18-27(36(58)45-24(33(41)55)13-14-30(53)54)48-35(57)26(16-23-10-6-5-7-11-23)44-29(52)17-42-38(60)32(21(3)50)49-37(28)59/h5-7,10-11,20-21,24-28,31-32,50H,8-9,12-19,40H2,1-4H3,(H2,41,55)(H,42,60)(H,43,51)(H,44,52)(H,45,58)(H,46,61)(H,47,56)(H,48,57)(H,49,59)(H,53,54)/t21-,24+,25+,26+,27-,28+,31+,32+/m1/s1. The van der Waals surface area contributed by atoms with E-state index in [-0.39, 0.29) is 43.2 Å². The van der Waals surface area contributed by atoms with E-state index in [1.165, 1.54) is 13.8 Å². The number of aliphatic hydroxyl groups is 1. The van der Waals surface area contributed by atoms with E-state index in [2.05, 4.69) is 42.5 Å². The number of aliphatic hydroxyl groups excluding tert-OH is 1. The zero-order valence-corrected chi connectivity index (χ0v) is 37.2. The van der Waals surface area contributed by atoms with Gasteiger partial charge in [0.2, 0.25) is 53.2 Å². The molecule has 8 atom stereocenters. The van der Waals surface area contributed by atoms with Gasteiger partial charge in [0.1, 0.15) is 42.3 Å². The number of carboxylic acids is 1. The minimum atomic E-state index is -1.64. The summed E-state index contributed by atoms with van der Waals surface area (Å²) in [6.07, 6.45) is -1.52. The molecule has 0 bridgehead atoms. The maximum absolute atomic E-state index is 13.9. The number of benzene rings is 1. The molecule has 350 valence electrons. The van der Waals surface area contributed by atoms with Gasteiger partial charge in [0.25, 0.3) is 0 Å². The van der Waals surface area contributed by atoms with Gasteiger partial charge in [0, 0.05) is 31.3 Å². The summed E-state index contributed by atoms with van der Waals surface area (Å²) < 4.78 is 0. The molecular weight excluding hydrogens is 865 g/mol. The Morgan fingerprint density at radius 3 is 2.08 bits per heavy atom. The van der Waals surface area contributed by atoms with Gasteiger partial charge in [0.15, 0.2) is 0 Å². The van der Waals surface area contributed by atoms with Gasteiger partial charge in [-0.3, -0.25) is 47.9 Å². The molecule has 0 aromatic heterocycles. The Morgan fingerprint density at radius 2 is 1.49 bits per heavy atom. The number of rotatable bonds is 19. The van der Waals surface area contributed by atoms with Crippen LogP contribution in [-0.4, -0.2) is 142 Å². The number of primary amides is 1. The molecule has 14 N–H and O–H groups in total. The van der Waals surface area contributed by atoms with E-state index < -0.39 is 120 Å². The van der Waals surface area contributed by atoms with E-state index in [9.17, 15) is 53.1 Å². The number of nitrogens with two attached hydrogens (primary N) is 2. The second-order valence-corrected chi connectivity index (χ2v) is 17.7. The maximum atomic E-state index is 13.9. The van der Waals surface area contributed by atoms with Crippen LogP contribution in [0.1, 0.15) is 65.4 Å². The number of carbonyl (C=O) groups excluding carboxylic acids is 9. The van der Waals surface area contributed by atoms with Crippen molar-refractivity contribution in [2.24, 2.45) is 17.4 Å². The fraction of sp³-hybridized carbons (Fsp3) is 0.590. The summed E-state index contributed by atoms with van der Waals surface area (Å²) >= 11 is 0. The Bertz CT molecular complexity index is 1770. The number of unbranched alkanes of at least 4 members (excludes halogenated alkanes) is 1. The van der Waals surface area contributed by atoms with Gasteiger partial charge >= 0.3 is 5.97 Å². The summed E-state index contributed by atoms with van der Waals surface area (Å²) in [6, 6.07) is -1.03. The van der Waals surface area contributed by atoms with Gasteiger partial charge in [-0.2, -0.15) is 0 Å². The van der Waals surface area contributed by atoms with Crippen LogP contribution in [0.5, 0.6) is 0 Å². The number of carboxylic acid groups (broad SMARTS) is 1.